The molecule has 0 bridgehead atoms. The second-order valence-electron chi connectivity index (χ2n) is 4.58. The molecule has 1 amide bonds. The third-order valence-corrected chi connectivity index (χ3v) is 1.66. The summed E-state index contributed by atoms with van der Waals surface area (Å²) in [5.41, 5.74) is 3.33. The highest BCUT2D eigenvalue weighted by atomic mass is 16.6. The molecule has 1 N–H and O–H groups in total. The highest BCUT2D eigenvalue weighted by Crippen LogP contribution is 2.06. The van der Waals surface area contributed by atoms with Gasteiger partial charge >= 0.3 is 6.09 Å². The van der Waals surface area contributed by atoms with Gasteiger partial charge in [0.2, 0.25) is 0 Å². The Hall–Kier alpha value is -1.91. The number of pyridine rings is 1. The van der Waals surface area contributed by atoms with E-state index in [4.69, 9.17) is 4.74 Å². The Balaban J connectivity index is 2.48. The summed E-state index contributed by atoms with van der Waals surface area (Å²) in [6.45, 7) is 7.26. The van der Waals surface area contributed by atoms with E-state index in [0.717, 1.165) is 5.69 Å². The Bertz CT molecular complexity index is 422. The van der Waals surface area contributed by atoms with E-state index in [9.17, 15) is 4.79 Å². The molecule has 5 heteroatoms. The molecule has 1 rings (SSSR count). The molecule has 92 valence electrons. The number of rotatable bonds is 2. The number of nitrogens with one attached hydrogen (secondary N) is 1. The molecular weight excluding hydrogens is 218 g/mol. The fraction of sp³-hybridized carbons (Fsp3) is 0.417. The van der Waals surface area contributed by atoms with Gasteiger partial charge in [0.15, 0.2) is 0 Å². The van der Waals surface area contributed by atoms with Gasteiger partial charge in [-0.1, -0.05) is 6.07 Å². The van der Waals surface area contributed by atoms with Crippen molar-refractivity contribution in [1.82, 2.24) is 10.4 Å². The van der Waals surface area contributed by atoms with Crippen molar-refractivity contribution in [2.45, 2.75) is 33.3 Å². The van der Waals surface area contributed by atoms with Gasteiger partial charge in [-0.05, 0) is 39.8 Å². The second kappa shape index (κ2) is 5.43. The average molecular weight is 235 g/mol. The first-order chi connectivity index (χ1) is 7.87. The van der Waals surface area contributed by atoms with E-state index in [0.29, 0.717) is 5.69 Å². The lowest BCUT2D eigenvalue weighted by Crippen LogP contribution is -2.29. The summed E-state index contributed by atoms with van der Waals surface area (Å²) in [5, 5.41) is 3.75. The van der Waals surface area contributed by atoms with Crippen LogP contribution in [0.4, 0.5) is 4.79 Å². The van der Waals surface area contributed by atoms with Crippen LogP contribution < -0.4 is 5.43 Å². The molecule has 0 spiro atoms. The van der Waals surface area contributed by atoms with Crippen LogP contribution in [0.15, 0.2) is 23.3 Å². The lowest BCUT2D eigenvalue weighted by Gasteiger charge is -2.18. The Morgan fingerprint density at radius 3 is 2.76 bits per heavy atom. The molecule has 0 fully saturated rings. The maximum atomic E-state index is 11.2. The normalized spacial score (nSPS) is 11.5. The molecule has 0 saturated heterocycles. The minimum atomic E-state index is -0.582. The molecule has 1 heterocycles. The van der Waals surface area contributed by atoms with E-state index in [1.54, 1.807) is 26.8 Å². The molecule has 0 atom stereocenters. The number of hydrogen-bond acceptors (Lipinski definition) is 4. The Labute approximate surface area is 101 Å². The van der Waals surface area contributed by atoms with Crippen LogP contribution in [0.2, 0.25) is 0 Å². The number of hydrazone groups is 1. The highest BCUT2D eigenvalue weighted by molar-refractivity contribution is 5.78. The van der Waals surface area contributed by atoms with Gasteiger partial charge in [0, 0.05) is 5.69 Å². The fourth-order valence-electron chi connectivity index (χ4n) is 1.09. The number of ether oxygens (including phenoxy) is 1. The number of nitrogens with zero attached hydrogens (tertiary/aromatic N) is 2. The summed E-state index contributed by atoms with van der Waals surface area (Å²) >= 11 is 0. The summed E-state index contributed by atoms with van der Waals surface area (Å²) < 4.78 is 5.02. The van der Waals surface area contributed by atoms with Gasteiger partial charge in [-0.25, -0.2) is 10.2 Å². The summed E-state index contributed by atoms with van der Waals surface area (Å²) in [4.78, 5) is 15.5. The van der Waals surface area contributed by atoms with Crippen LogP contribution in [0.1, 0.15) is 32.2 Å². The first kappa shape index (κ1) is 13.2. The lowest BCUT2D eigenvalue weighted by atomic mass is 10.2. The van der Waals surface area contributed by atoms with E-state index in [1.807, 2.05) is 19.1 Å². The molecule has 1 aromatic heterocycles. The van der Waals surface area contributed by atoms with Crippen molar-refractivity contribution < 1.29 is 9.53 Å². The first-order valence-corrected chi connectivity index (χ1v) is 5.32. The summed E-state index contributed by atoms with van der Waals surface area (Å²) in [6, 6.07) is 5.56. The fourth-order valence-corrected chi connectivity index (χ4v) is 1.09. The first-order valence-electron chi connectivity index (χ1n) is 5.32. The average Bonchev–Trinajstić information content (AvgIpc) is 2.14. The highest BCUT2D eigenvalue weighted by Gasteiger charge is 2.15. The zero-order valence-corrected chi connectivity index (χ0v) is 10.5. The van der Waals surface area contributed by atoms with E-state index in [1.165, 1.54) is 6.21 Å². The number of hydrogen-bond donors (Lipinski definition) is 1. The van der Waals surface area contributed by atoms with Gasteiger partial charge in [-0.3, -0.25) is 4.98 Å². The van der Waals surface area contributed by atoms with Crippen LogP contribution in [0.5, 0.6) is 0 Å². The maximum Gasteiger partial charge on any atom is 0.428 e. The predicted molar refractivity (Wildman–Crippen MR) is 65.9 cm³/mol. The van der Waals surface area contributed by atoms with Crippen molar-refractivity contribution in [1.29, 1.82) is 0 Å². The van der Waals surface area contributed by atoms with E-state index < -0.39 is 11.7 Å². The van der Waals surface area contributed by atoms with Crippen molar-refractivity contribution >= 4 is 12.3 Å². The van der Waals surface area contributed by atoms with Crippen LogP contribution >= 0.6 is 0 Å². The van der Waals surface area contributed by atoms with Crippen LogP contribution in [0.25, 0.3) is 0 Å². The van der Waals surface area contributed by atoms with Gasteiger partial charge < -0.3 is 4.74 Å². The van der Waals surface area contributed by atoms with Crippen molar-refractivity contribution in [3.63, 3.8) is 0 Å². The number of carbonyl (C=O) groups excluding carboxylic acids is 1. The lowest BCUT2D eigenvalue weighted by molar-refractivity contribution is 0.0529. The summed E-state index contributed by atoms with van der Waals surface area (Å²) in [6.07, 6.45) is 0.887. The molecule has 0 aliphatic rings. The van der Waals surface area contributed by atoms with Crippen molar-refractivity contribution in [3.8, 4) is 0 Å². The van der Waals surface area contributed by atoms with Gasteiger partial charge in [0.25, 0.3) is 0 Å². The quantitative estimate of drug-likeness (QED) is 0.631. The minimum absolute atomic E-state index is 0.527. The zero-order chi connectivity index (χ0) is 12.9. The predicted octanol–water partition coefficient (Wildman–Crippen LogP) is 2.25. The van der Waals surface area contributed by atoms with E-state index >= 15 is 0 Å². The van der Waals surface area contributed by atoms with Crippen LogP contribution in [0, 0.1) is 6.92 Å². The van der Waals surface area contributed by atoms with Crippen LogP contribution in [-0.4, -0.2) is 22.9 Å². The second-order valence-corrected chi connectivity index (χ2v) is 4.58. The van der Waals surface area contributed by atoms with Crippen molar-refractivity contribution in [2.24, 2.45) is 5.10 Å². The topological polar surface area (TPSA) is 63.6 Å². The molecule has 0 aromatic carbocycles. The molecule has 1 aromatic rings. The molecule has 0 saturated carbocycles. The number of amides is 1. The maximum absolute atomic E-state index is 11.2. The standard InChI is InChI=1S/C12H17N3O2/c1-9-6-5-7-10(14-9)8-13-15-11(16)17-12(2,3)4/h5-8H,1-4H3,(H,15,16)/b13-8-. The van der Waals surface area contributed by atoms with Crippen LogP contribution in [0.3, 0.4) is 0 Å². The van der Waals surface area contributed by atoms with Gasteiger partial charge in [0.1, 0.15) is 5.60 Å². The third-order valence-electron chi connectivity index (χ3n) is 1.66. The van der Waals surface area contributed by atoms with Crippen LogP contribution in [-0.2, 0) is 4.74 Å². The molecule has 17 heavy (non-hydrogen) atoms. The summed E-state index contributed by atoms with van der Waals surface area (Å²) in [7, 11) is 0. The third kappa shape index (κ3) is 5.65. The van der Waals surface area contributed by atoms with Gasteiger partial charge in [0.05, 0.1) is 11.9 Å². The van der Waals surface area contributed by atoms with Gasteiger partial charge in [-0.2, -0.15) is 5.10 Å². The smallest absolute Gasteiger partial charge is 0.428 e. The minimum Gasteiger partial charge on any atom is -0.443 e. The largest absolute Gasteiger partial charge is 0.443 e. The Morgan fingerprint density at radius 2 is 2.18 bits per heavy atom. The molecule has 5 nitrogen and oxygen atoms in total. The van der Waals surface area contributed by atoms with E-state index in [2.05, 4.69) is 15.5 Å². The van der Waals surface area contributed by atoms with Crippen molar-refractivity contribution in [2.75, 3.05) is 0 Å². The Morgan fingerprint density at radius 1 is 1.47 bits per heavy atom. The van der Waals surface area contributed by atoms with Crippen molar-refractivity contribution in [3.05, 3.63) is 29.6 Å². The molecule has 0 aliphatic heterocycles. The zero-order valence-electron chi connectivity index (χ0n) is 10.5. The molecule has 0 unspecified atom stereocenters. The number of aromatic nitrogens is 1. The number of carbonyl (C=O) groups is 1. The SMILES string of the molecule is Cc1cccc(/C=N\NC(=O)OC(C)(C)C)n1. The van der Waals surface area contributed by atoms with Gasteiger partial charge in [-0.15, -0.1) is 0 Å². The monoisotopic (exact) mass is 235 g/mol. The Kier molecular flexibility index (Phi) is 4.20. The molecular formula is C12H17N3O2. The molecule has 0 aliphatic carbocycles. The summed E-state index contributed by atoms with van der Waals surface area (Å²) in [5.74, 6) is 0. The van der Waals surface area contributed by atoms with E-state index in [-0.39, 0.29) is 0 Å². The number of aryl methyl sites for hydroxylation is 1. The molecule has 0 radical (unpaired) electrons.